The van der Waals surface area contributed by atoms with E-state index in [4.69, 9.17) is 0 Å². The highest BCUT2D eigenvalue weighted by molar-refractivity contribution is 6.04. The topological polar surface area (TPSA) is 88.9 Å². The maximum Gasteiger partial charge on any atom is 0.258 e. The fourth-order valence-electron chi connectivity index (χ4n) is 3.05. The monoisotopic (exact) mass is 347 g/mol. The zero-order valence-electron chi connectivity index (χ0n) is 14.1. The summed E-state index contributed by atoms with van der Waals surface area (Å²) in [5.41, 5.74) is 2.39. The van der Waals surface area contributed by atoms with Crippen LogP contribution in [0, 0.1) is 6.92 Å². The van der Waals surface area contributed by atoms with Crippen molar-refractivity contribution in [3.8, 4) is 0 Å². The number of hydrogen-bond acceptors (Lipinski definition) is 4. The zero-order chi connectivity index (χ0) is 18.1. The molecule has 0 bridgehead atoms. The maximum atomic E-state index is 12.5. The van der Waals surface area contributed by atoms with E-state index in [9.17, 15) is 9.59 Å². The Morgan fingerprint density at radius 3 is 2.65 bits per heavy atom. The molecule has 0 aliphatic carbocycles. The first-order valence-electron chi connectivity index (χ1n) is 8.30. The van der Waals surface area contributed by atoms with Gasteiger partial charge in [-0.05, 0) is 24.1 Å². The van der Waals surface area contributed by atoms with Crippen molar-refractivity contribution in [1.82, 2.24) is 14.8 Å². The number of amides is 2. The molecule has 2 heterocycles. The van der Waals surface area contributed by atoms with Crippen molar-refractivity contribution in [2.24, 2.45) is 0 Å². The summed E-state index contributed by atoms with van der Waals surface area (Å²) in [4.78, 5) is 28.8. The van der Waals surface area contributed by atoms with Gasteiger partial charge >= 0.3 is 0 Å². The predicted molar refractivity (Wildman–Crippen MR) is 97.0 cm³/mol. The predicted octanol–water partition coefficient (Wildman–Crippen LogP) is 2.77. The van der Waals surface area contributed by atoms with Gasteiger partial charge in [0, 0.05) is 5.56 Å². The lowest BCUT2D eigenvalue weighted by molar-refractivity contribution is -0.117. The van der Waals surface area contributed by atoms with Gasteiger partial charge in [-0.15, -0.1) is 5.10 Å². The van der Waals surface area contributed by atoms with Crippen LogP contribution in [0.1, 0.15) is 33.9 Å². The van der Waals surface area contributed by atoms with Crippen LogP contribution >= 0.6 is 0 Å². The Morgan fingerprint density at radius 1 is 1.15 bits per heavy atom. The van der Waals surface area contributed by atoms with Crippen molar-refractivity contribution < 1.29 is 9.59 Å². The Balaban J connectivity index is 1.64. The number of aryl methyl sites for hydroxylation is 1. The molecule has 0 spiro atoms. The SMILES string of the molecule is Cc1ccccc1C(=O)Nc1nc2n(n1)[C@H](c1ccccc1)CC(=O)N2. The lowest BCUT2D eigenvalue weighted by atomic mass is 10.0. The number of aromatic nitrogens is 3. The number of fused-ring (bicyclic) bond motifs is 1. The van der Waals surface area contributed by atoms with Crippen molar-refractivity contribution >= 4 is 23.7 Å². The summed E-state index contributed by atoms with van der Waals surface area (Å²) in [6.45, 7) is 1.87. The molecule has 0 fully saturated rings. The van der Waals surface area contributed by atoms with Crippen molar-refractivity contribution in [3.05, 3.63) is 71.3 Å². The molecule has 1 aliphatic heterocycles. The normalized spacial score (nSPS) is 15.9. The minimum atomic E-state index is -0.284. The van der Waals surface area contributed by atoms with Gasteiger partial charge in [0.15, 0.2) is 0 Å². The molecule has 7 heteroatoms. The second kappa shape index (κ2) is 6.44. The first kappa shape index (κ1) is 16.0. The van der Waals surface area contributed by atoms with Crippen LogP contribution in [0.2, 0.25) is 0 Å². The number of anilines is 2. The van der Waals surface area contributed by atoms with Crippen LogP contribution in [-0.2, 0) is 4.79 Å². The van der Waals surface area contributed by atoms with Crippen molar-refractivity contribution in [3.63, 3.8) is 0 Å². The van der Waals surface area contributed by atoms with E-state index in [-0.39, 0.29) is 30.2 Å². The maximum absolute atomic E-state index is 12.5. The Kier molecular flexibility index (Phi) is 3.96. The molecule has 1 aliphatic rings. The second-order valence-electron chi connectivity index (χ2n) is 6.15. The lowest BCUT2D eigenvalue weighted by Crippen LogP contribution is -2.29. The minimum absolute atomic E-state index is 0.129. The molecule has 130 valence electrons. The summed E-state index contributed by atoms with van der Waals surface area (Å²) < 4.78 is 1.64. The second-order valence-corrected chi connectivity index (χ2v) is 6.15. The number of carbonyl (C=O) groups excluding carboxylic acids is 2. The van der Waals surface area contributed by atoms with Crippen LogP contribution in [0.4, 0.5) is 11.9 Å². The number of hydrogen-bond donors (Lipinski definition) is 2. The average molecular weight is 347 g/mol. The highest BCUT2D eigenvalue weighted by Gasteiger charge is 2.29. The van der Waals surface area contributed by atoms with Gasteiger partial charge in [0.2, 0.25) is 11.9 Å². The van der Waals surface area contributed by atoms with Gasteiger partial charge in [0.1, 0.15) is 0 Å². The number of benzene rings is 2. The lowest BCUT2D eigenvalue weighted by Gasteiger charge is -2.23. The summed E-state index contributed by atoms with van der Waals surface area (Å²) >= 11 is 0. The van der Waals surface area contributed by atoms with Crippen LogP contribution in [0.15, 0.2) is 54.6 Å². The molecule has 26 heavy (non-hydrogen) atoms. The van der Waals surface area contributed by atoms with Crippen LogP contribution in [0.3, 0.4) is 0 Å². The number of nitrogens with zero attached hydrogens (tertiary/aromatic N) is 3. The van der Waals surface area contributed by atoms with Gasteiger partial charge in [-0.25, -0.2) is 4.68 Å². The molecular weight excluding hydrogens is 330 g/mol. The van der Waals surface area contributed by atoms with Gasteiger partial charge in [-0.1, -0.05) is 48.5 Å². The van der Waals surface area contributed by atoms with E-state index < -0.39 is 0 Å². The van der Waals surface area contributed by atoms with E-state index in [1.54, 1.807) is 16.8 Å². The highest BCUT2D eigenvalue weighted by Crippen LogP contribution is 2.29. The molecule has 3 aromatic rings. The first-order valence-corrected chi connectivity index (χ1v) is 8.30. The number of rotatable bonds is 3. The fraction of sp³-hybridized carbons (Fsp3) is 0.158. The molecule has 2 amide bonds. The summed E-state index contributed by atoms with van der Waals surface area (Å²) in [6.07, 6.45) is 0.269. The summed E-state index contributed by atoms with van der Waals surface area (Å²) in [5, 5.41) is 9.81. The summed E-state index contributed by atoms with van der Waals surface area (Å²) in [6, 6.07) is 16.7. The Hall–Kier alpha value is -3.48. The molecular formula is C19H17N5O2. The van der Waals surface area contributed by atoms with Crippen molar-refractivity contribution in [2.45, 2.75) is 19.4 Å². The molecule has 2 N–H and O–H groups in total. The van der Waals surface area contributed by atoms with Crippen LogP contribution < -0.4 is 10.6 Å². The van der Waals surface area contributed by atoms with Crippen molar-refractivity contribution in [1.29, 1.82) is 0 Å². The van der Waals surface area contributed by atoms with E-state index in [0.29, 0.717) is 11.5 Å². The van der Waals surface area contributed by atoms with Crippen LogP contribution in [0.5, 0.6) is 0 Å². The Labute approximate surface area is 150 Å². The highest BCUT2D eigenvalue weighted by atomic mass is 16.2. The minimum Gasteiger partial charge on any atom is -0.295 e. The van der Waals surface area contributed by atoms with Gasteiger partial charge in [0.25, 0.3) is 11.9 Å². The molecule has 0 saturated heterocycles. The van der Waals surface area contributed by atoms with E-state index in [0.717, 1.165) is 11.1 Å². The van der Waals surface area contributed by atoms with Gasteiger partial charge in [0.05, 0.1) is 12.5 Å². The van der Waals surface area contributed by atoms with Crippen molar-refractivity contribution in [2.75, 3.05) is 10.6 Å². The molecule has 0 radical (unpaired) electrons. The van der Waals surface area contributed by atoms with Gasteiger partial charge in [-0.2, -0.15) is 4.98 Å². The average Bonchev–Trinajstić information content (AvgIpc) is 3.04. The van der Waals surface area contributed by atoms with E-state index in [2.05, 4.69) is 20.7 Å². The molecule has 1 aromatic heterocycles. The van der Waals surface area contributed by atoms with Gasteiger partial charge in [-0.3, -0.25) is 20.2 Å². The molecule has 2 aromatic carbocycles. The van der Waals surface area contributed by atoms with Gasteiger partial charge < -0.3 is 0 Å². The molecule has 0 unspecified atom stereocenters. The van der Waals surface area contributed by atoms with Crippen LogP contribution in [-0.4, -0.2) is 26.6 Å². The van der Waals surface area contributed by atoms with E-state index in [1.807, 2.05) is 49.4 Å². The third kappa shape index (κ3) is 2.95. The van der Waals surface area contributed by atoms with Crippen LogP contribution in [0.25, 0.3) is 0 Å². The number of carbonyl (C=O) groups is 2. The smallest absolute Gasteiger partial charge is 0.258 e. The summed E-state index contributed by atoms with van der Waals surface area (Å²) in [7, 11) is 0. The Morgan fingerprint density at radius 2 is 1.88 bits per heavy atom. The first-order chi connectivity index (χ1) is 12.6. The largest absolute Gasteiger partial charge is 0.295 e. The quantitative estimate of drug-likeness (QED) is 0.762. The third-order valence-electron chi connectivity index (χ3n) is 4.36. The third-order valence-corrected chi connectivity index (χ3v) is 4.36. The fourth-order valence-corrected chi connectivity index (χ4v) is 3.05. The Bertz CT molecular complexity index is 981. The molecule has 0 saturated carbocycles. The summed E-state index contributed by atoms with van der Waals surface area (Å²) in [5.74, 6) is 0.0794. The number of nitrogens with one attached hydrogen (secondary N) is 2. The molecule has 4 rings (SSSR count). The molecule has 1 atom stereocenters. The standard InChI is InChI=1S/C19H17N5O2/c1-12-7-5-6-10-14(12)17(26)21-18-22-19-20-16(25)11-15(24(19)23-18)13-8-3-2-4-9-13/h2-10,15H,11H2,1H3,(H2,20,21,22,23,25,26)/t15-/m0/s1. The molecule has 7 nitrogen and oxygen atoms in total. The van der Waals surface area contributed by atoms with E-state index in [1.165, 1.54) is 0 Å². The zero-order valence-corrected chi connectivity index (χ0v) is 14.1. The van der Waals surface area contributed by atoms with E-state index >= 15 is 0 Å².